The van der Waals surface area contributed by atoms with E-state index in [0.29, 0.717) is 19.0 Å². The Hall–Kier alpha value is -0.170. The van der Waals surface area contributed by atoms with Crippen molar-refractivity contribution in [3.63, 3.8) is 0 Å². The molecule has 1 saturated heterocycles. The third-order valence-corrected chi connectivity index (χ3v) is 4.57. The second kappa shape index (κ2) is 8.09. The maximum atomic E-state index is 11.7. The number of nitrogens with zero attached hydrogens (tertiary/aromatic N) is 1. The van der Waals surface area contributed by atoms with Gasteiger partial charge >= 0.3 is 0 Å². The molecule has 108 valence electrons. The summed E-state index contributed by atoms with van der Waals surface area (Å²) in [6, 6.07) is 0. The van der Waals surface area contributed by atoms with Crippen LogP contribution in [0.25, 0.3) is 0 Å². The highest BCUT2D eigenvalue weighted by Gasteiger charge is 2.16. The lowest BCUT2D eigenvalue weighted by Crippen LogP contribution is -2.37. The van der Waals surface area contributed by atoms with Crippen LogP contribution in [-0.2, 0) is 10.0 Å². The molecule has 0 aromatic rings. The molecular weight excluding hydrogens is 250 g/mol. The van der Waals surface area contributed by atoms with Crippen molar-refractivity contribution >= 4 is 10.0 Å². The third kappa shape index (κ3) is 6.68. The first kappa shape index (κ1) is 15.9. The summed E-state index contributed by atoms with van der Waals surface area (Å²) in [4.78, 5) is 2.41. The number of likely N-dealkylation sites (tertiary alicyclic amines) is 1. The first-order chi connectivity index (χ1) is 8.53. The van der Waals surface area contributed by atoms with E-state index in [2.05, 4.69) is 21.9 Å². The van der Waals surface area contributed by atoms with Gasteiger partial charge in [0.1, 0.15) is 0 Å². The molecule has 0 radical (unpaired) electrons. The van der Waals surface area contributed by atoms with Gasteiger partial charge in [0.15, 0.2) is 0 Å². The van der Waals surface area contributed by atoms with Crippen LogP contribution in [0.5, 0.6) is 0 Å². The molecule has 0 spiro atoms. The molecule has 1 rings (SSSR count). The molecule has 0 aromatic carbocycles. The zero-order valence-corrected chi connectivity index (χ0v) is 12.4. The van der Waals surface area contributed by atoms with Gasteiger partial charge in [-0.25, -0.2) is 13.1 Å². The Labute approximate surface area is 111 Å². The normalized spacial score (nSPS) is 19.2. The van der Waals surface area contributed by atoms with E-state index in [-0.39, 0.29) is 5.75 Å². The Morgan fingerprint density at radius 1 is 1.28 bits per heavy atom. The summed E-state index contributed by atoms with van der Waals surface area (Å²) in [6.07, 6.45) is 2.56. The van der Waals surface area contributed by atoms with Crippen molar-refractivity contribution in [3.8, 4) is 0 Å². The van der Waals surface area contributed by atoms with E-state index in [0.717, 1.165) is 26.2 Å². The molecular formula is C12H27N3O2S. The van der Waals surface area contributed by atoms with Gasteiger partial charge in [0, 0.05) is 19.6 Å². The number of hydrogen-bond acceptors (Lipinski definition) is 4. The lowest BCUT2D eigenvalue weighted by atomic mass is 10.2. The molecule has 1 fully saturated rings. The van der Waals surface area contributed by atoms with Crippen molar-refractivity contribution in [3.05, 3.63) is 0 Å². The third-order valence-electron chi connectivity index (χ3n) is 3.22. The summed E-state index contributed by atoms with van der Waals surface area (Å²) in [6.45, 7) is 9.27. The fourth-order valence-corrected chi connectivity index (χ4v) is 3.29. The smallest absolute Gasteiger partial charge is 0.212 e. The van der Waals surface area contributed by atoms with Crippen molar-refractivity contribution in [1.82, 2.24) is 14.9 Å². The number of sulfonamides is 1. The molecule has 1 aliphatic rings. The van der Waals surface area contributed by atoms with E-state index in [4.69, 9.17) is 0 Å². The van der Waals surface area contributed by atoms with Crippen molar-refractivity contribution in [2.75, 3.05) is 45.0 Å². The van der Waals surface area contributed by atoms with Gasteiger partial charge in [-0.05, 0) is 38.4 Å². The van der Waals surface area contributed by atoms with Gasteiger partial charge in [0.05, 0.1) is 5.75 Å². The van der Waals surface area contributed by atoms with Gasteiger partial charge in [-0.3, -0.25) is 0 Å². The standard InChI is InChI=1S/C12H27N3O2S/c1-3-13-6-9-18(16,17)14-10-12(2)11-15-7-4-5-8-15/h12-14H,3-11H2,1-2H3. The monoisotopic (exact) mass is 277 g/mol. The first-order valence-corrected chi connectivity index (χ1v) is 8.59. The van der Waals surface area contributed by atoms with Crippen molar-refractivity contribution in [2.45, 2.75) is 26.7 Å². The van der Waals surface area contributed by atoms with Crippen LogP contribution < -0.4 is 10.0 Å². The van der Waals surface area contributed by atoms with Crippen LogP contribution in [0.3, 0.4) is 0 Å². The number of rotatable bonds is 9. The minimum atomic E-state index is -3.11. The molecule has 0 aliphatic carbocycles. The van der Waals surface area contributed by atoms with Gasteiger partial charge in [0.2, 0.25) is 10.0 Å². The topological polar surface area (TPSA) is 61.4 Å². The van der Waals surface area contributed by atoms with Crippen LogP contribution in [0.15, 0.2) is 0 Å². The second-order valence-electron chi connectivity index (χ2n) is 5.13. The van der Waals surface area contributed by atoms with E-state index in [9.17, 15) is 8.42 Å². The maximum Gasteiger partial charge on any atom is 0.212 e. The Kier molecular flexibility index (Phi) is 7.14. The van der Waals surface area contributed by atoms with Crippen LogP contribution in [0.2, 0.25) is 0 Å². The molecule has 0 saturated carbocycles. The quantitative estimate of drug-likeness (QED) is 0.593. The minimum Gasteiger partial charge on any atom is -0.316 e. The molecule has 1 aliphatic heterocycles. The lowest BCUT2D eigenvalue weighted by molar-refractivity contribution is 0.288. The zero-order chi connectivity index (χ0) is 13.4. The molecule has 0 amide bonds. The molecule has 0 aromatic heterocycles. The van der Waals surface area contributed by atoms with Crippen LogP contribution >= 0.6 is 0 Å². The van der Waals surface area contributed by atoms with Gasteiger partial charge in [-0.15, -0.1) is 0 Å². The SMILES string of the molecule is CCNCCS(=O)(=O)NCC(C)CN1CCCC1. The summed E-state index contributed by atoms with van der Waals surface area (Å²) in [5.74, 6) is 0.536. The fraction of sp³-hybridized carbons (Fsp3) is 1.00. The highest BCUT2D eigenvalue weighted by atomic mass is 32.2. The molecule has 1 unspecified atom stereocenters. The molecule has 1 atom stereocenters. The lowest BCUT2D eigenvalue weighted by Gasteiger charge is -2.20. The summed E-state index contributed by atoms with van der Waals surface area (Å²) in [5.41, 5.74) is 0. The highest BCUT2D eigenvalue weighted by Crippen LogP contribution is 2.09. The van der Waals surface area contributed by atoms with E-state index < -0.39 is 10.0 Å². The molecule has 18 heavy (non-hydrogen) atoms. The number of nitrogens with one attached hydrogen (secondary N) is 2. The average molecular weight is 277 g/mol. The highest BCUT2D eigenvalue weighted by molar-refractivity contribution is 7.89. The van der Waals surface area contributed by atoms with E-state index in [1.54, 1.807) is 0 Å². The first-order valence-electron chi connectivity index (χ1n) is 6.94. The predicted molar refractivity (Wildman–Crippen MR) is 75.2 cm³/mol. The summed E-state index contributed by atoms with van der Waals surface area (Å²) >= 11 is 0. The largest absolute Gasteiger partial charge is 0.316 e. The van der Waals surface area contributed by atoms with E-state index in [1.165, 1.54) is 12.8 Å². The Balaban J connectivity index is 2.17. The van der Waals surface area contributed by atoms with Crippen LogP contribution in [-0.4, -0.2) is 58.3 Å². The van der Waals surface area contributed by atoms with Gasteiger partial charge in [-0.1, -0.05) is 13.8 Å². The van der Waals surface area contributed by atoms with Crippen LogP contribution in [0.4, 0.5) is 0 Å². The van der Waals surface area contributed by atoms with Crippen molar-refractivity contribution in [1.29, 1.82) is 0 Å². The minimum absolute atomic E-state index is 0.164. The number of hydrogen-bond donors (Lipinski definition) is 2. The van der Waals surface area contributed by atoms with Gasteiger partial charge in [-0.2, -0.15) is 0 Å². The van der Waals surface area contributed by atoms with Gasteiger partial charge < -0.3 is 10.2 Å². The van der Waals surface area contributed by atoms with Crippen molar-refractivity contribution < 1.29 is 8.42 Å². The Bertz CT molecular complexity index is 313. The summed E-state index contributed by atoms with van der Waals surface area (Å²) in [7, 11) is -3.11. The van der Waals surface area contributed by atoms with Gasteiger partial charge in [0.25, 0.3) is 0 Å². The molecule has 0 bridgehead atoms. The second-order valence-corrected chi connectivity index (χ2v) is 7.06. The Morgan fingerprint density at radius 3 is 2.56 bits per heavy atom. The van der Waals surface area contributed by atoms with Crippen LogP contribution in [0.1, 0.15) is 26.7 Å². The zero-order valence-electron chi connectivity index (χ0n) is 11.6. The molecule has 1 heterocycles. The molecule has 5 nitrogen and oxygen atoms in total. The fourth-order valence-electron chi connectivity index (χ4n) is 2.20. The summed E-state index contributed by atoms with van der Waals surface area (Å²) in [5, 5.41) is 3.02. The molecule has 2 N–H and O–H groups in total. The molecule has 6 heteroatoms. The maximum absolute atomic E-state index is 11.7. The van der Waals surface area contributed by atoms with E-state index in [1.807, 2.05) is 6.92 Å². The Morgan fingerprint density at radius 2 is 1.94 bits per heavy atom. The van der Waals surface area contributed by atoms with Crippen molar-refractivity contribution in [2.24, 2.45) is 5.92 Å². The predicted octanol–water partition coefficient (Wildman–Crippen LogP) is 0.247. The van der Waals surface area contributed by atoms with Crippen LogP contribution in [0, 0.1) is 5.92 Å². The summed E-state index contributed by atoms with van der Waals surface area (Å²) < 4.78 is 26.1. The van der Waals surface area contributed by atoms with E-state index >= 15 is 0 Å². The average Bonchev–Trinajstić information content (AvgIpc) is 2.80.